The van der Waals surface area contributed by atoms with Crippen molar-refractivity contribution in [3.8, 4) is 0 Å². The van der Waals surface area contributed by atoms with Gasteiger partial charge in [-0.2, -0.15) is 0 Å². The predicted molar refractivity (Wildman–Crippen MR) is 117 cm³/mol. The zero-order valence-corrected chi connectivity index (χ0v) is 18.0. The van der Waals surface area contributed by atoms with Crippen molar-refractivity contribution in [3.63, 3.8) is 0 Å². The van der Waals surface area contributed by atoms with E-state index >= 15 is 0 Å². The van der Waals surface area contributed by atoms with Gasteiger partial charge in [-0.05, 0) is 62.3 Å². The first-order chi connectivity index (χ1) is 13.9. The summed E-state index contributed by atoms with van der Waals surface area (Å²) in [6, 6.07) is 8.48. The second kappa shape index (κ2) is 7.77. The largest absolute Gasteiger partial charge is 0.332 e. The molecule has 0 saturated carbocycles. The third kappa shape index (κ3) is 3.28. The minimum Gasteiger partial charge on any atom is -0.332 e. The van der Waals surface area contributed by atoms with Crippen LogP contribution in [0.3, 0.4) is 0 Å². The van der Waals surface area contributed by atoms with Crippen molar-refractivity contribution in [1.29, 1.82) is 0 Å². The Labute approximate surface area is 184 Å². The summed E-state index contributed by atoms with van der Waals surface area (Å²) in [6.07, 6.45) is 4.49. The molecule has 1 fully saturated rings. The summed E-state index contributed by atoms with van der Waals surface area (Å²) < 4.78 is 0. The molecule has 1 N–H and O–H groups in total. The van der Waals surface area contributed by atoms with E-state index in [0.717, 1.165) is 31.5 Å². The highest BCUT2D eigenvalue weighted by atomic mass is 35.5. The number of amides is 1. The molecule has 1 spiro atoms. The fourth-order valence-corrected chi connectivity index (χ4v) is 5.19. The van der Waals surface area contributed by atoms with Gasteiger partial charge in [0.1, 0.15) is 0 Å². The van der Waals surface area contributed by atoms with Crippen LogP contribution in [0.1, 0.15) is 44.7 Å². The molecule has 0 radical (unpaired) electrons. The molecular formula is C22H19Cl3N2O2. The quantitative estimate of drug-likeness (QED) is 0.517. The first-order valence-corrected chi connectivity index (χ1v) is 10.5. The SMILES string of the molecule is CN1C(=O)c2c(C(=O)/C=C/c3c(Cl)cccc3Cl)ccc(Cl)c2C12CCNCC2. The minimum absolute atomic E-state index is 0.170. The lowest BCUT2D eigenvalue weighted by Gasteiger charge is -2.40. The molecule has 2 aromatic carbocycles. The van der Waals surface area contributed by atoms with Crippen molar-refractivity contribution in [1.82, 2.24) is 10.2 Å². The van der Waals surface area contributed by atoms with Crippen molar-refractivity contribution in [2.24, 2.45) is 0 Å². The highest BCUT2D eigenvalue weighted by Gasteiger charge is 2.50. The molecule has 2 aliphatic heterocycles. The van der Waals surface area contributed by atoms with Gasteiger partial charge in [0.25, 0.3) is 5.91 Å². The number of benzene rings is 2. The number of piperidine rings is 1. The number of fused-ring (bicyclic) bond motifs is 2. The summed E-state index contributed by atoms with van der Waals surface area (Å²) in [4.78, 5) is 27.9. The number of rotatable bonds is 3. The smallest absolute Gasteiger partial charge is 0.255 e. The highest BCUT2D eigenvalue weighted by Crippen LogP contribution is 2.48. The first-order valence-electron chi connectivity index (χ1n) is 9.35. The number of carbonyl (C=O) groups is 2. The Morgan fingerprint density at radius 1 is 1.07 bits per heavy atom. The summed E-state index contributed by atoms with van der Waals surface area (Å²) in [7, 11) is 1.79. The number of nitrogens with one attached hydrogen (secondary N) is 1. The van der Waals surface area contributed by atoms with E-state index in [1.54, 1.807) is 48.4 Å². The average Bonchev–Trinajstić information content (AvgIpc) is 2.91. The summed E-state index contributed by atoms with van der Waals surface area (Å²) in [5.41, 5.74) is 1.61. The van der Waals surface area contributed by atoms with Crippen LogP contribution < -0.4 is 5.32 Å². The second-order valence-electron chi connectivity index (χ2n) is 7.32. The molecule has 0 aromatic heterocycles. The topological polar surface area (TPSA) is 49.4 Å². The van der Waals surface area contributed by atoms with E-state index in [4.69, 9.17) is 34.8 Å². The van der Waals surface area contributed by atoms with Crippen LogP contribution >= 0.6 is 34.8 Å². The maximum Gasteiger partial charge on any atom is 0.255 e. The zero-order valence-electron chi connectivity index (χ0n) is 15.8. The van der Waals surface area contributed by atoms with E-state index < -0.39 is 5.54 Å². The Kier molecular flexibility index (Phi) is 5.47. The molecule has 4 rings (SSSR count). The Hall–Kier alpha value is -1.85. The summed E-state index contributed by atoms with van der Waals surface area (Å²) >= 11 is 18.9. The van der Waals surface area contributed by atoms with Gasteiger partial charge in [-0.1, -0.05) is 40.9 Å². The van der Waals surface area contributed by atoms with Gasteiger partial charge in [-0.25, -0.2) is 0 Å². The molecular weight excluding hydrogens is 431 g/mol. The van der Waals surface area contributed by atoms with Crippen LogP contribution in [0.4, 0.5) is 0 Å². The van der Waals surface area contributed by atoms with Crippen LogP contribution in [0.5, 0.6) is 0 Å². The lowest BCUT2D eigenvalue weighted by atomic mass is 9.80. The van der Waals surface area contributed by atoms with Crippen LogP contribution in [0.15, 0.2) is 36.4 Å². The molecule has 29 heavy (non-hydrogen) atoms. The van der Waals surface area contributed by atoms with E-state index in [1.807, 2.05) is 0 Å². The summed E-state index contributed by atoms with van der Waals surface area (Å²) in [5, 5.41) is 4.75. The van der Waals surface area contributed by atoms with Gasteiger partial charge in [-0.15, -0.1) is 0 Å². The number of allylic oxidation sites excluding steroid dienone is 1. The lowest BCUT2D eigenvalue weighted by Crippen LogP contribution is -2.48. The summed E-state index contributed by atoms with van der Waals surface area (Å²) in [5.74, 6) is -0.460. The van der Waals surface area contributed by atoms with Gasteiger partial charge in [0, 0.05) is 38.8 Å². The maximum absolute atomic E-state index is 13.2. The fraction of sp³-hybridized carbons (Fsp3) is 0.273. The van der Waals surface area contributed by atoms with Gasteiger partial charge in [0.15, 0.2) is 5.78 Å². The van der Waals surface area contributed by atoms with Crippen LogP contribution in [0.25, 0.3) is 6.08 Å². The van der Waals surface area contributed by atoms with Crippen molar-refractivity contribution < 1.29 is 9.59 Å². The molecule has 1 amide bonds. The number of carbonyl (C=O) groups excluding carboxylic acids is 2. The molecule has 7 heteroatoms. The minimum atomic E-state index is -0.471. The van der Waals surface area contributed by atoms with Crippen LogP contribution in [-0.2, 0) is 5.54 Å². The second-order valence-corrected chi connectivity index (χ2v) is 8.55. The van der Waals surface area contributed by atoms with E-state index in [0.29, 0.717) is 31.8 Å². The molecule has 2 aromatic rings. The van der Waals surface area contributed by atoms with E-state index in [9.17, 15) is 9.59 Å². The van der Waals surface area contributed by atoms with Gasteiger partial charge in [-0.3, -0.25) is 9.59 Å². The van der Waals surface area contributed by atoms with Gasteiger partial charge in [0.2, 0.25) is 0 Å². The molecule has 2 heterocycles. The number of hydrogen-bond donors (Lipinski definition) is 1. The van der Waals surface area contributed by atoms with Crippen LogP contribution in [0.2, 0.25) is 15.1 Å². The number of nitrogens with zero attached hydrogens (tertiary/aromatic N) is 1. The highest BCUT2D eigenvalue weighted by molar-refractivity contribution is 6.37. The fourth-order valence-electron chi connectivity index (χ4n) is 4.33. The lowest BCUT2D eigenvalue weighted by molar-refractivity contribution is 0.0550. The van der Waals surface area contributed by atoms with Gasteiger partial charge < -0.3 is 10.2 Å². The molecule has 4 nitrogen and oxygen atoms in total. The average molecular weight is 450 g/mol. The van der Waals surface area contributed by atoms with Gasteiger partial charge in [0.05, 0.1) is 11.1 Å². The van der Waals surface area contributed by atoms with Gasteiger partial charge >= 0.3 is 0 Å². The summed E-state index contributed by atoms with van der Waals surface area (Å²) in [6.45, 7) is 1.58. The number of ketones is 1. The Balaban J connectivity index is 1.78. The van der Waals surface area contributed by atoms with E-state index in [2.05, 4.69) is 5.32 Å². The molecule has 1 saturated heterocycles. The normalized spacial score (nSPS) is 17.9. The van der Waals surface area contributed by atoms with E-state index in [1.165, 1.54) is 6.08 Å². The third-order valence-electron chi connectivity index (χ3n) is 5.88. The zero-order chi connectivity index (χ0) is 20.8. The monoisotopic (exact) mass is 448 g/mol. The van der Waals surface area contributed by atoms with Crippen molar-refractivity contribution in [2.45, 2.75) is 18.4 Å². The van der Waals surface area contributed by atoms with Crippen LogP contribution in [0, 0.1) is 0 Å². The number of halogens is 3. The van der Waals surface area contributed by atoms with Crippen LogP contribution in [-0.4, -0.2) is 36.7 Å². The Morgan fingerprint density at radius 3 is 2.38 bits per heavy atom. The van der Waals surface area contributed by atoms with Crippen molar-refractivity contribution >= 4 is 52.6 Å². The third-order valence-corrected chi connectivity index (χ3v) is 6.85. The Bertz CT molecular complexity index is 1020. The molecule has 0 aliphatic carbocycles. The molecule has 2 aliphatic rings. The molecule has 0 bridgehead atoms. The van der Waals surface area contributed by atoms with E-state index in [-0.39, 0.29) is 11.7 Å². The van der Waals surface area contributed by atoms with Crippen molar-refractivity contribution in [3.05, 3.63) is 73.7 Å². The molecule has 0 atom stereocenters. The molecule has 150 valence electrons. The Morgan fingerprint density at radius 2 is 1.72 bits per heavy atom. The molecule has 0 unspecified atom stereocenters. The first kappa shape index (κ1) is 20.4. The van der Waals surface area contributed by atoms with Crippen molar-refractivity contribution in [2.75, 3.05) is 20.1 Å². The number of hydrogen-bond acceptors (Lipinski definition) is 3. The predicted octanol–water partition coefficient (Wildman–Crippen LogP) is 5.21. The standard InChI is InChI=1S/C22H19Cl3N2O2/c1-27-21(29)19-14(18(28)8-6-13-15(23)3-2-4-16(13)24)5-7-17(25)20(19)22(27)9-11-26-12-10-22/h2-8,26H,9-12H2,1H3/b8-6+. The maximum atomic E-state index is 13.2.